The molecule has 102 valence electrons. The first kappa shape index (κ1) is 14.6. The average Bonchev–Trinajstić information content (AvgIpc) is 2.85. The first-order chi connectivity index (χ1) is 8.50. The van der Waals surface area contributed by atoms with Gasteiger partial charge in [-0.3, -0.25) is 9.48 Å². The zero-order valence-corrected chi connectivity index (χ0v) is 11.4. The second kappa shape index (κ2) is 7.10. The summed E-state index contributed by atoms with van der Waals surface area (Å²) in [6.07, 6.45) is 4.36. The molecule has 1 heterocycles. The van der Waals surface area contributed by atoms with Gasteiger partial charge in [-0.1, -0.05) is 13.8 Å². The Morgan fingerprint density at radius 3 is 2.78 bits per heavy atom. The van der Waals surface area contributed by atoms with E-state index in [-0.39, 0.29) is 11.9 Å². The standard InChI is InChI=1S/C12H23N5O/c1-10(2)11(13)4-6-16(3)12(18)5-7-17-9-14-8-15-17/h8-11H,4-7,13H2,1-3H3. The van der Waals surface area contributed by atoms with Crippen molar-refractivity contribution in [3.63, 3.8) is 0 Å². The van der Waals surface area contributed by atoms with Crippen molar-refractivity contribution in [1.82, 2.24) is 19.7 Å². The molecule has 1 aromatic heterocycles. The monoisotopic (exact) mass is 253 g/mol. The molecular formula is C12H23N5O. The maximum atomic E-state index is 11.8. The predicted molar refractivity (Wildman–Crippen MR) is 69.7 cm³/mol. The number of hydrogen-bond acceptors (Lipinski definition) is 4. The number of aryl methyl sites for hydroxylation is 1. The first-order valence-corrected chi connectivity index (χ1v) is 6.32. The van der Waals surface area contributed by atoms with Gasteiger partial charge in [0.2, 0.25) is 5.91 Å². The third-order valence-corrected chi connectivity index (χ3v) is 3.10. The van der Waals surface area contributed by atoms with E-state index in [4.69, 9.17) is 5.73 Å². The van der Waals surface area contributed by atoms with E-state index in [1.165, 1.54) is 6.33 Å². The van der Waals surface area contributed by atoms with Crippen LogP contribution in [0.2, 0.25) is 0 Å². The van der Waals surface area contributed by atoms with Gasteiger partial charge >= 0.3 is 0 Å². The van der Waals surface area contributed by atoms with E-state index in [9.17, 15) is 4.79 Å². The van der Waals surface area contributed by atoms with E-state index in [1.54, 1.807) is 15.9 Å². The molecule has 0 fully saturated rings. The smallest absolute Gasteiger partial charge is 0.224 e. The molecule has 18 heavy (non-hydrogen) atoms. The third-order valence-electron chi connectivity index (χ3n) is 3.10. The zero-order valence-electron chi connectivity index (χ0n) is 11.4. The van der Waals surface area contributed by atoms with E-state index in [2.05, 4.69) is 23.9 Å². The van der Waals surface area contributed by atoms with Crippen molar-refractivity contribution in [3.8, 4) is 0 Å². The van der Waals surface area contributed by atoms with Crippen molar-refractivity contribution < 1.29 is 4.79 Å². The van der Waals surface area contributed by atoms with Crippen molar-refractivity contribution in [2.24, 2.45) is 11.7 Å². The molecule has 0 aliphatic heterocycles. The van der Waals surface area contributed by atoms with Crippen LogP contribution in [0.4, 0.5) is 0 Å². The molecule has 1 rings (SSSR count). The van der Waals surface area contributed by atoms with Gasteiger partial charge in [-0.25, -0.2) is 4.98 Å². The normalized spacial score (nSPS) is 12.7. The van der Waals surface area contributed by atoms with Crippen LogP contribution < -0.4 is 5.73 Å². The second-order valence-electron chi connectivity index (χ2n) is 4.92. The molecule has 6 nitrogen and oxygen atoms in total. The van der Waals surface area contributed by atoms with Crippen LogP contribution in [0.25, 0.3) is 0 Å². The summed E-state index contributed by atoms with van der Waals surface area (Å²) in [4.78, 5) is 17.4. The quantitative estimate of drug-likeness (QED) is 0.767. The lowest BCUT2D eigenvalue weighted by atomic mass is 10.0. The Morgan fingerprint density at radius 2 is 2.22 bits per heavy atom. The minimum atomic E-state index is 0.112. The molecule has 0 bridgehead atoms. The highest BCUT2D eigenvalue weighted by molar-refractivity contribution is 5.75. The zero-order chi connectivity index (χ0) is 13.5. The number of carbonyl (C=O) groups excluding carboxylic acids is 1. The van der Waals surface area contributed by atoms with Crippen LogP contribution in [0.15, 0.2) is 12.7 Å². The molecule has 0 saturated heterocycles. The summed E-state index contributed by atoms with van der Waals surface area (Å²) < 4.78 is 1.66. The van der Waals surface area contributed by atoms with Gasteiger partial charge in [0, 0.05) is 26.1 Å². The predicted octanol–water partition coefficient (Wildman–Crippen LogP) is 0.500. The lowest BCUT2D eigenvalue weighted by molar-refractivity contribution is -0.130. The molecule has 1 unspecified atom stereocenters. The number of rotatable bonds is 7. The van der Waals surface area contributed by atoms with Crippen LogP contribution in [0.3, 0.4) is 0 Å². The number of carbonyl (C=O) groups is 1. The van der Waals surface area contributed by atoms with E-state index in [0.29, 0.717) is 25.4 Å². The first-order valence-electron chi connectivity index (χ1n) is 6.32. The maximum Gasteiger partial charge on any atom is 0.224 e. The Labute approximate surface area is 108 Å². The fourth-order valence-electron chi connectivity index (χ4n) is 1.55. The lowest BCUT2D eigenvalue weighted by Gasteiger charge is -2.21. The molecule has 0 aromatic carbocycles. The van der Waals surface area contributed by atoms with Crippen molar-refractivity contribution in [2.45, 2.75) is 39.3 Å². The molecule has 0 radical (unpaired) electrons. The van der Waals surface area contributed by atoms with E-state index in [1.807, 2.05) is 7.05 Å². The van der Waals surface area contributed by atoms with Gasteiger partial charge in [0.15, 0.2) is 0 Å². The van der Waals surface area contributed by atoms with E-state index < -0.39 is 0 Å². The summed E-state index contributed by atoms with van der Waals surface area (Å²) in [5.74, 6) is 0.560. The fraction of sp³-hybridized carbons (Fsp3) is 0.750. The van der Waals surface area contributed by atoms with Crippen LogP contribution >= 0.6 is 0 Å². The van der Waals surface area contributed by atoms with Gasteiger partial charge in [-0.2, -0.15) is 5.10 Å². The van der Waals surface area contributed by atoms with Gasteiger partial charge in [-0.15, -0.1) is 0 Å². The summed E-state index contributed by atoms with van der Waals surface area (Å²) in [7, 11) is 1.82. The van der Waals surface area contributed by atoms with Crippen molar-refractivity contribution in [1.29, 1.82) is 0 Å². The Hall–Kier alpha value is -1.43. The number of nitrogens with two attached hydrogens (primary N) is 1. The third kappa shape index (κ3) is 4.83. The Kier molecular flexibility index (Phi) is 5.77. The molecule has 2 N–H and O–H groups in total. The Bertz CT molecular complexity index is 349. The lowest BCUT2D eigenvalue weighted by Crippen LogP contribution is -2.35. The molecule has 1 aromatic rings. The average molecular weight is 253 g/mol. The summed E-state index contributed by atoms with van der Waals surface area (Å²) in [6, 6.07) is 0.149. The van der Waals surface area contributed by atoms with Crippen molar-refractivity contribution in [3.05, 3.63) is 12.7 Å². The SMILES string of the molecule is CC(C)C(N)CCN(C)C(=O)CCn1cncn1. The molecule has 0 saturated carbocycles. The largest absolute Gasteiger partial charge is 0.346 e. The summed E-state index contributed by atoms with van der Waals surface area (Å²) in [5.41, 5.74) is 5.96. The van der Waals surface area contributed by atoms with Crippen LogP contribution in [0, 0.1) is 5.92 Å². The van der Waals surface area contributed by atoms with Gasteiger partial charge in [0.25, 0.3) is 0 Å². The Balaban J connectivity index is 2.24. The van der Waals surface area contributed by atoms with Gasteiger partial charge in [0.1, 0.15) is 12.7 Å². The molecule has 0 spiro atoms. The van der Waals surface area contributed by atoms with Gasteiger partial charge < -0.3 is 10.6 Å². The van der Waals surface area contributed by atoms with E-state index >= 15 is 0 Å². The van der Waals surface area contributed by atoms with E-state index in [0.717, 1.165) is 6.42 Å². The number of amides is 1. The van der Waals surface area contributed by atoms with Crippen molar-refractivity contribution >= 4 is 5.91 Å². The molecule has 6 heteroatoms. The van der Waals surface area contributed by atoms with Crippen LogP contribution in [-0.4, -0.2) is 45.2 Å². The number of nitrogens with zero attached hydrogens (tertiary/aromatic N) is 4. The summed E-state index contributed by atoms with van der Waals surface area (Å²) >= 11 is 0. The van der Waals surface area contributed by atoms with Crippen molar-refractivity contribution in [2.75, 3.05) is 13.6 Å². The number of hydrogen-bond donors (Lipinski definition) is 1. The topological polar surface area (TPSA) is 77.0 Å². The second-order valence-corrected chi connectivity index (χ2v) is 4.92. The molecule has 1 atom stereocenters. The maximum absolute atomic E-state index is 11.8. The fourth-order valence-corrected chi connectivity index (χ4v) is 1.55. The highest BCUT2D eigenvalue weighted by atomic mass is 16.2. The van der Waals surface area contributed by atoms with Gasteiger partial charge in [-0.05, 0) is 12.3 Å². The summed E-state index contributed by atoms with van der Waals surface area (Å²) in [5, 5.41) is 3.96. The Morgan fingerprint density at radius 1 is 1.50 bits per heavy atom. The molecular weight excluding hydrogens is 230 g/mol. The molecule has 1 amide bonds. The van der Waals surface area contributed by atoms with Crippen LogP contribution in [0.5, 0.6) is 0 Å². The summed E-state index contributed by atoms with van der Waals surface area (Å²) in [6.45, 7) is 5.46. The minimum Gasteiger partial charge on any atom is -0.346 e. The van der Waals surface area contributed by atoms with Crippen LogP contribution in [0.1, 0.15) is 26.7 Å². The minimum absolute atomic E-state index is 0.112. The molecule has 0 aliphatic rings. The highest BCUT2D eigenvalue weighted by Gasteiger charge is 2.12. The number of aromatic nitrogens is 3. The molecule has 0 aliphatic carbocycles. The van der Waals surface area contributed by atoms with Crippen LogP contribution in [-0.2, 0) is 11.3 Å². The highest BCUT2D eigenvalue weighted by Crippen LogP contribution is 2.04. The van der Waals surface area contributed by atoms with Gasteiger partial charge in [0.05, 0.1) is 6.54 Å².